The standard InChI is InChI=1S/C17H27N3S/c1-12-10-13(16(18)21)11-15(19-12)20-8-5-6-14(7-9-20)17(2,3)4/h10-11,14H,5-9H2,1-4H3,(H2,18,21). The van der Waals surface area contributed by atoms with Gasteiger partial charge in [-0.25, -0.2) is 4.98 Å². The van der Waals surface area contributed by atoms with Crippen molar-refractivity contribution in [3.05, 3.63) is 23.4 Å². The van der Waals surface area contributed by atoms with Crippen molar-refractivity contribution < 1.29 is 0 Å². The van der Waals surface area contributed by atoms with Gasteiger partial charge in [-0.15, -0.1) is 0 Å². The number of rotatable bonds is 2. The van der Waals surface area contributed by atoms with Crippen molar-refractivity contribution in [3.8, 4) is 0 Å². The molecule has 2 rings (SSSR count). The van der Waals surface area contributed by atoms with Crippen molar-refractivity contribution in [2.24, 2.45) is 17.1 Å². The Morgan fingerprint density at radius 1 is 1.29 bits per heavy atom. The van der Waals surface area contributed by atoms with E-state index in [1.807, 2.05) is 19.1 Å². The Hall–Kier alpha value is -1.16. The Labute approximate surface area is 133 Å². The lowest BCUT2D eigenvalue weighted by Crippen LogP contribution is -2.27. The van der Waals surface area contributed by atoms with Crippen molar-refractivity contribution >= 4 is 23.0 Å². The summed E-state index contributed by atoms with van der Waals surface area (Å²) in [4.78, 5) is 7.52. The Balaban J connectivity index is 2.17. The first kappa shape index (κ1) is 16.2. The first-order valence-corrected chi connectivity index (χ1v) is 8.21. The van der Waals surface area contributed by atoms with Crippen molar-refractivity contribution in [2.75, 3.05) is 18.0 Å². The van der Waals surface area contributed by atoms with E-state index in [-0.39, 0.29) is 0 Å². The van der Waals surface area contributed by atoms with Gasteiger partial charge in [-0.2, -0.15) is 0 Å². The van der Waals surface area contributed by atoms with E-state index in [4.69, 9.17) is 18.0 Å². The van der Waals surface area contributed by atoms with Gasteiger partial charge in [-0.3, -0.25) is 0 Å². The summed E-state index contributed by atoms with van der Waals surface area (Å²) in [5.41, 5.74) is 8.06. The summed E-state index contributed by atoms with van der Waals surface area (Å²) < 4.78 is 0. The van der Waals surface area contributed by atoms with Crippen LogP contribution >= 0.6 is 12.2 Å². The van der Waals surface area contributed by atoms with Crippen LogP contribution in [0.1, 0.15) is 51.3 Å². The number of pyridine rings is 1. The molecule has 0 saturated carbocycles. The van der Waals surface area contributed by atoms with Crippen LogP contribution in [0.15, 0.2) is 12.1 Å². The summed E-state index contributed by atoms with van der Waals surface area (Å²) in [6.45, 7) is 11.2. The molecule has 4 heteroatoms. The van der Waals surface area contributed by atoms with Gasteiger partial charge in [0, 0.05) is 24.3 Å². The molecule has 1 unspecified atom stereocenters. The quantitative estimate of drug-likeness (QED) is 0.846. The first-order chi connectivity index (χ1) is 9.77. The van der Waals surface area contributed by atoms with E-state index < -0.39 is 0 Å². The van der Waals surface area contributed by atoms with E-state index in [2.05, 4.69) is 30.7 Å². The number of hydrogen-bond acceptors (Lipinski definition) is 3. The molecule has 0 radical (unpaired) electrons. The molecule has 1 aromatic rings. The van der Waals surface area contributed by atoms with Crippen molar-refractivity contribution in [1.82, 2.24) is 4.98 Å². The van der Waals surface area contributed by atoms with Gasteiger partial charge in [0.1, 0.15) is 10.8 Å². The minimum atomic E-state index is 0.389. The molecule has 0 aliphatic carbocycles. The molecule has 0 bridgehead atoms. The van der Waals surface area contributed by atoms with Gasteiger partial charge in [0.25, 0.3) is 0 Å². The maximum atomic E-state index is 5.78. The molecule has 1 saturated heterocycles. The van der Waals surface area contributed by atoms with E-state index in [1.165, 1.54) is 19.3 Å². The molecule has 2 heterocycles. The van der Waals surface area contributed by atoms with Crippen LogP contribution in [-0.4, -0.2) is 23.1 Å². The summed E-state index contributed by atoms with van der Waals surface area (Å²) in [5, 5.41) is 0. The fourth-order valence-corrected chi connectivity index (χ4v) is 3.26. The largest absolute Gasteiger partial charge is 0.389 e. The topological polar surface area (TPSA) is 42.1 Å². The van der Waals surface area contributed by atoms with Crippen LogP contribution < -0.4 is 10.6 Å². The second-order valence-corrected chi connectivity index (χ2v) is 7.64. The van der Waals surface area contributed by atoms with Crippen LogP contribution in [0.2, 0.25) is 0 Å². The Morgan fingerprint density at radius 3 is 2.62 bits per heavy atom. The van der Waals surface area contributed by atoms with Crippen LogP contribution in [0.25, 0.3) is 0 Å². The summed E-state index contributed by atoms with van der Waals surface area (Å²) >= 11 is 5.11. The van der Waals surface area contributed by atoms with Gasteiger partial charge < -0.3 is 10.6 Å². The number of nitrogens with two attached hydrogens (primary N) is 1. The Kier molecular flexibility index (Phi) is 4.87. The molecule has 2 N–H and O–H groups in total. The van der Waals surface area contributed by atoms with E-state index in [9.17, 15) is 0 Å². The molecule has 1 aliphatic heterocycles. The van der Waals surface area contributed by atoms with Crippen molar-refractivity contribution in [3.63, 3.8) is 0 Å². The monoisotopic (exact) mass is 305 g/mol. The molecule has 116 valence electrons. The van der Waals surface area contributed by atoms with Crippen LogP contribution in [0.5, 0.6) is 0 Å². The summed E-state index contributed by atoms with van der Waals surface area (Å²) in [5.74, 6) is 1.80. The van der Waals surface area contributed by atoms with Gasteiger partial charge in [0.2, 0.25) is 0 Å². The number of aryl methyl sites for hydroxylation is 1. The highest BCUT2D eigenvalue weighted by Gasteiger charge is 2.27. The number of anilines is 1. The van der Waals surface area contributed by atoms with E-state index >= 15 is 0 Å². The zero-order chi connectivity index (χ0) is 15.6. The maximum Gasteiger partial charge on any atom is 0.129 e. The molecule has 0 aromatic carbocycles. The maximum absolute atomic E-state index is 5.78. The molecule has 1 aliphatic rings. The predicted octanol–water partition coefficient (Wildman–Crippen LogP) is 3.68. The third-order valence-corrected chi connectivity index (χ3v) is 4.74. The van der Waals surface area contributed by atoms with Gasteiger partial charge >= 0.3 is 0 Å². The number of nitrogens with zero attached hydrogens (tertiary/aromatic N) is 2. The molecule has 1 atom stereocenters. The summed E-state index contributed by atoms with van der Waals surface area (Å²) in [6.07, 6.45) is 3.75. The van der Waals surface area contributed by atoms with Crippen LogP contribution in [-0.2, 0) is 0 Å². The zero-order valence-electron chi connectivity index (χ0n) is 13.6. The SMILES string of the molecule is Cc1cc(C(N)=S)cc(N2CCCC(C(C)(C)C)CC2)n1. The zero-order valence-corrected chi connectivity index (χ0v) is 14.5. The van der Waals surface area contributed by atoms with Crippen molar-refractivity contribution in [1.29, 1.82) is 0 Å². The van der Waals surface area contributed by atoms with E-state index in [0.29, 0.717) is 10.4 Å². The lowest BCUT2D eigenvalue weighted by Gasteiger charge is -2.30. The third-order valence-electron chi connectivity index (χ3n) is 4.50. The molecule has 1 fully saturated rings. The molecule has 0 spiro atoms. The highest BCUT2D eigenvalue weighted by Crippen LogP contribution is 2.35. The Morgan fingerprint density at radius 2 is 2.00 bits per heavy atom. The minimum Gasteiger partial charge on any atom is -0.389 e. The van der Waals surface area contributed by atoms with Crippen LogP contribution in [0.4, 0.5) is 5.82 Å². The molecule has 1 aromatic heterocycles. The summed E-state index contributed by atoms with van der Waals surface area (Å²) in [7, 11) is 0. The molecular weight excluding hydrogens is 278 g/mol. The van der Waals surface area contributed by atoms with Crippen molar-refractivity contribution in [2.45, 2.75) is 47.0 Å². The van der Waals surface area contributed by atoms with Gasteiger partial charge in [-0.05, 0) is 49.7 Å². The molecule has 0 amide bonds. The summed E-state index contributed by atoms with van der Waals surface area (Å²) in [6, 6.07) is 3.99. The number of hydrogen-bond donors (Lipinski definition) is 1. The second kappa shape index (κ2) is 6.30. The van der Waals surface area contributed by atoms with Crippen LogP contribution in [0.3, 0.4) is 0 Å². The second-order valence-electron chi connectivity index (χ2n) is 7.20. The van der Waals surface area contributed by atoms with E-state index in [0.717, 1.165) is 36.1 Å². The van der Waals surface area contributed by atoms with E-state index in [1.54, 1.807) is 0 Å². The molecular formula is C17H27N3S. The highest BCUT2D eigenvalue weighted by molar-refractivity contribution is 7.80. The van der Waals surface area contributed by atoms with Gasteiger partial charge in [0.05, 0.1) is 0 Å². The fourth-order valence-electron chi connectivity index (χ4n) is 3.15. The third kappa shape index (κ3) is 4.16. The number of thiocarbonyl (C=S) groups is 1. The fraction of sp³-hybridized carbons (Fsp3) is 0.647. The predicted molar refractivity (Wildman–Crippen MR) is 93.9 cm³/mol. The normalized spacial score (nSPS) is 20.2. The lowest BCUT2D eigenvalue weighted by atomic mass is 9.77. The van der Waals surface area contributed by atoms with Crippen LogP contribution in [0, 0.1) is 18.3 Å². The average molecular weight is 305 g/mol. The lowest BCUT2D eigenvalue weighted by molar-refractivity contribution is 0.220. The average Bonchev–Trinajstić information content (AvgIpc) is 2.63. The molecule has 3 nitrogen and oxygen atoms in total. The highest BCUT2D eigenvalue weighted by atomic mass is 32.1. The first-order valence-electron chi connectivity index (χ1n) is 7.81. The minimum absolute atomic E-state index is 0.389. The van der Waals surface area contributed by atoms with Gasteiger partial charge in [0.15, 0.2) is 0 Å². The smallest absolute Gasteiger partial charge is 0.129 e. The Bertz CT molecular complexity index is 519. The number of aromatic nitrogens is 1. The molecule has 21 heavy (non-hydrogen) atoms. The van der Waals surface area contributed by atoms with Gasteiger partial charge in [-0.1, -0.05) is 33.0 Å².